The first-order valence-electron chi connectivity index (χ1n) is 5.18. The van der Waals surface area contributed by atoms with Gasteiger partial charge in [0.1, 0.15) is 5.75 Å². The molecule has 2 heteroatoms. The predicted molar refractivity (Wildman–Crippen MR) is 57.4 cm³/mol. The smallest absolute Gasteiger partial charge is 0.119 e. The summed E-state index contributed by atoms with van der Waals surface area (Å²) in [6.45, 7) is 2.20. The van der Waals surface area contributed by atoms with Gasteiger partial charge in [-0.05, 0) is 35.6 Å². The first-order chi connectivity index (χ1) is 6.76. The Labute approximate surface area is 85.1 Å². The highest BCUT2D eigenvalue weighted by Gasteiger charge is 2.28. The maximum Gasteiger partial charge on any atom is 0.119 e. The molecule has 0 fully saturated rings. The number of nitrogens with two attached hydrogens (primary N) is 1. The van der Waals surface area contributed by atoms with Gasteiger partial charge in [-0.2, -0.15) is 0 Å². The van der Waals surface area contributed by atoms with Gasteiger partial charge in [0.2, 0.25) is 0 Å². The molecule has 2 nitrogen and oxygen atoms in total. The molecular formula is C12H17NO. The van der Waals surface area contributed by atoms with Crippen LogP contribution in [-0.4, -0.2) is 7.11 Å². The van der Waals surface area contributed by atoms with Crippen molar-refractivity contribution in [2.45, 2.75) is 25.8 Å². The molecule has 1 aromatic carbocycles. The zero-order valence-corrected chi connectivity index (χ0v) is 8.79. The van der Waals surface area contributed by atoms with Crippen LogP contribution in [0.25, 0.3) is 0 Å². The zero-order valence-electron chi connectivity index (χ0n) is 8.79. The van der Waals surface area contributed by atoms with Crippen LogP contribution in [0.15, 0.2) is 18.2 Å². The van der Waals surface area contributed by atoms with Crippen molar-refractivity contribution in [3.63, 3.8) is 0 Å². The van der Waals surface area contributed by atoms with Gasteiger partial charge in [-0.3, -0.25) is 0 Å². The topological polar surface area (TPSA) is 35.2 Å². The largest absolute Gasteiger partial charge is 0.497 e. The average molecular weight is 191 g/mol. The summed E-state index contributed by atoms with van der Waals surface area (Å²) in [5.41, 5.74) is 8.84. The van der Waals surface area contributed by atoms with E-state index in [4.69, 9.17) is 10.5 Å². The summed E-state index contributed by atoms with van der Waals surface area (Å²) in [5, 5.41) is 0. The van der Waals surface area contributed by atoms with Crippen molar-refractivity contribution in [3.8, 4) is 5.75 Å². The van der Waals surface area contributed by atoms with E-state index in [1.165, 1.54) is 11.1 Å². The second kappa shape index (κ2) is 3.62. The molecule has 0 aliphatic heterocycles. The molecule has 1 aliphatic rings. The molecule has 0 spiro atoms. The maximum absolute atomic E-state index is 6.17. The predicted octanol–water partition coefficient (Wildman–Crippen LogP) is 2.28. The van der Waals surface area contributed by atoms with Gasteiger partial charge in [-0.15, -0.1) is 0 Å². The average Bonchev–Trinajstić information content (AvgIpc) is 2.55. The summed E-state index contributed by atoms with van der Waals surface area (Å²) in [4.78, 5) is 0. The first kappa shape index (κ1) is 9.53. The molecule has 0 saturated carbocycles. The molecule has 0 radical (unpaired) electrons. The maximum atomic E-state index is 6.17. The molecule has 0 aromatic heterocycles. The van der Waals surface area contributed by atoms with E-state index < -0.39 is 0 Å². The molecule has 0 unspecified atom stereocenters. The number of hydrogen-bond donors (Lipinski definition) is 1. The molecule has 2 N–H and O–H groups in total. The standard InChI is InChI=1S/C12H17NO/c1-3-8-6-9-4-5-10(14-2)7-11(9)12(8)13/h4-5,7-8,12H,3,6,13H2,1-2H3/t8-,12-/m0/s1. The highest BCUT2D eigenvalue weighted by atomic mass is 16.5. The van der Waals surface area contributed by atoms with E-state index >= 15 is 0 Å². The van der Waals surface area contributed by atoms with Crippen LogP contribution in [-0.2, 0) is 6.42 Å². The summed E-state index contributed by atoms with van der Waals surface area (Å²) < 4.78 is 5.20. The van der Waals surface area contributed by atoms with Crippen molar-refractivity contribution in [1.82, 2.24) is 0 Å². The second-order valence-corrected chi connectivity index (χ2v) is 3.96. The van der Waals surface area contributed by atoms with E-state index in [1.54, 1.807) is 7.11 Å². The van der Waals surface area contributed by atoms with Crippen molar-refractivity contribution in [3.05, 3.63) is 29.3 Å². The lowest BCUT2D eigenvalue weighted by Crippen LogP contribution is -2.15. The summed E-state index contributed by atoms with van der Waals surface area (Å²) in [7, 11) is 1.69. The van der Waals surface area contributed by atoms with Crippen LogP contribution in [0.2, 0.25) is 0 Å². The van der Waals surface area contributed by atoms with E-state index in [-0.39, 0.29) is 6.04 Å². The zero-order chi connectivity index (χ0) is 10.1. The minimum absolute atomic E-state index is 0.199. The Hall–Kier alpha value is -1.02. The molecule has 0 saturated heterocycles. The normalized spacial score (nSPS) is 24.8. The Morgan fingerprint density at radius 1 is 1.50 bits per heavy atom. The fraction of sp³-hybridized carbons (Fsp3) is 0.500. The molecule has 0 heterocycles. The minimum Gasteiger partial charge on any atom is -0.497 e. The van der Waals surface area contributed by atoms with E-state index in [0.29, 0.717) is 5.92 Å². The number of hydrogen-bond acceptors (Lipinski definition) is 2. The number of fused-ring (bicyclic) bond motifs is 1. The molecule has 76 valence electrons. The van der Waals surface area contributed by atoms with E-state index in [9.17, 15) is 0 Å². The Kier molecular flexibility index (Phi) is 2.46. The molecule has 2 atom stereocenters. The van der Waals surface area contributed by atoms with E-state index in [1.807, 2.05) is 6.07 Å². The van der Waals surface area contributed by atoms with Crippen molar-refractivity contribution < 1.29 is 4.74 Å². The lowest BCUT2D eigenvalue weighted by molar-refractivity contribution is 0.412. The third kappa shape index (κ3) is 1.40. The molecule has 1 aliphatic carbocycles. The monoisotopic (exact) mass is 191 g/mol. The van der Waals surface area contributed by atoms with Crippen molar-refractivity contribution in [2.75, 3.05) is 7.11 Å². The van der Waals surface area contributed by atoms with Crippen LogP contribution in [0.5, 0.6) is 5.75 Å². The Morgan fingerprint density at radius 3 is 2.93 bits per heavy atom. The van der Waals surface area contributed by atoms with Crippen LogP contribution in [0.1, 0.15) is 30.5 Å². The third-order valence-electron chi connectivity index (χ3n) is 3.23. The van der Waals surface area contributed by atoms with Crippen LogP contribution in [0.4, 0.5) is 0 Å². The van der Waals surface area contributed by atoms with Gasteiger partial charge in [0.05, 0.1) is 7.11 Å². The molecule has 0 amide bonds. The van der Waals surface area contributed by atoms with Gasteiger partial charge in [-0.25, -0.2) is 0 Å². The van der Waals surface area contributed by atoms with Crippen LogP contribution >= 0.6 is 0 Å². The van der Waals surface area contributed by atoms with E-state index in [2.05, 4.69) is 19.1 Å². The van der Waals surface area contributed by atoms with Crippen molar-refractivity contribution in [1.29, 1.82) is 0 Å². The molecule has 2 rings (SSSR count). The van der Waals surface area contributed by atoms with Gasteiger partial charge in [0.15, 0.2) is 0 Å². The third-order valence-corrected chi connectivity index (χ3v) is 3.23. The number of benzene rings is 1. The summed E-state index contributed by atoms with van der Waals surface area (Å²) >= 11 is 0. The number of rotatable bonds is 2. The highest BCUT2D eigenvalue weighted by Crippen LogP contribution is 2.37. The van der Waals surface area contributed by atoms with E-state index in [0.717, 1.165) is 18.6 Å². The van der Waals surface area contributed by atoms with Crippen LogP contribution in [0, 0.1) is 5.92 Å². The van der Waals surface area contributed by atoms with Gasteiger partial charge in [0.25, 0.3) is 0 Å². The first-order valence-corrected chi connectivity index (χ1v) is 5.18. The lowest BCUT2D eigenvalue weighted by atomic mass is 9.99. The van der Waals surface area contributed by atoms with Gasteiger partial charge >= 0.3 is 0 Å². The second-order valence-electron chi connectivity index (χ2n) is 3.96. The Morgan fingerprint density at radius 2 is 2.29 bits per heavy atom. The lowest BCUT2D eigenvalue weighted by Gasteiger charge is -2.13. The molecule has 0 bridgehead atoms. The number of ether oxygens (including phenoxy) is 1. The van der Waals surface area contributed by atoms with Crippen LogP contribution in [0.3, 0.4) is 0 Å². The van der Waals surface area contributed by atoms with Crippen molar-refractivity contribution in [2.24, 2.45) is 11.7 Å². The highest BCUT2D eigenvalue weighted by molar-refractivity contribution is 5.41. The number of methoxy groups -OCH3 is 1. The Balaban J connectivity index is 2.35. The van der Waals surface area contributed by atoms with Crippen LogP contribution < -0.4 is 10.5 Å². The van der Waals surface area contributed by atoms with Gasteiger partial charge < -0.3 is 10.5 Å². The van der Waals surface area contributed by atoms with Gasteiger partial charge in [0, 0.05) is 6.04 Å². The summed E-state index contributed by atoms with van der Waals surface area (Å²) in [6, 6.07) is 6.44. The SMILES string of the molecule is CC[C@H]1Cc2ccc(OC)cc2[C@H]1N. The Bertz CT molecular complexity index is 335. The molecular weight excluding hydrogens is 174 g/mol. The molecule has 14 heavy (non-hydrogen) atoms. The fourth-order valence-electron chi connectivity index (χ4n) is 2.26. The fourth-order valence-corrected chi connectivity index (χ4v) is 2.26. The summed E-state index contributed by atoms with van der Waals surface area (Å²) in [5.74, 6) is 1.52. The quantitative estimate of drug-likeness (QED) is 0.778. The minimum atomic E-state index is 0.199. The summed E-state index contributed by atoms with van der Waals surface area (Å²) in [6.07, 6.45) is 2.27. The van der Waals surface area contributed by atoms with Gasteiger partial charge in [-0.1, -0.05) is 19.4 Å². The molecule has 1 aromatic rings. The van der Waals surface area contributed by atoms with Crippen molar-refractivity contribution >= 4 is 0 Å².